The molecule has 3 rings (SSSR count). The molecular weight excluding hydrogens is 286 g/mol. The summed E-state index contributed by atoms with van der Waals surface area (Å²) < 4.78 is 2.04. The molecule has 122 valence electrons. The summed E-state index contributed by atoms with van der Waals surface area (Å²) in [4.78, 5) is 14.4. The van der Waals surface area contributed by atoms with Gasteiger partial charge in [-0.15, -0.1) is 0 Å². The van der Waals surface area contributed by atoms with E-state index in [2.05, 4.69) is 41.4 Å². The fourth-order valence-corrected chi connectivity index (χ4v) is 3.15. The standard InChI is InChI=1S/C19H25N3O/c1-16-5-4-6-18(13-16)22-12-7-17(15-22)14-20-19(23)8-11-21-9-2-3-10-21/h2-6,9-10,13,17H,7-8,11-12,14-15H2,1H3,(H,20,23)/t17-/m0/s1. The van der Waals surface area contributed by atoms with Gasteiger partial charge in [0.25, 0.3) is 0 Å². The van der Waals surface area contributed by atoms with Crippen molar-refractivity contribution in [2.45, 2.75) is 26.3 Å². The molecule has 1 aromatic carbocycles. The van der Waals surface area contributed by atoms with Gasteiger partial charge >= 0.3 is 0 Å². The summed E-state index contributed by atoms with van der Waals surface area (Å²) in [6.45, 7) is 5.77. The van der Waals surface area contributed by atoms with Crippen LogP contribution in [0, 0.1) is 12.8 Å². The minimum Gasteiger partial charge on any atom is -0.371 e. The lowest BCUT2D eigenvalue weighted by Gasteiger charge is -2.19. The lowest BCUT2D eigenvalue weighted by Crippen LogP contribution is -2.31. The third-order valence-corrected chi connectivity index (χ3v) is 4.50. The molecule has 1 amide bonds. The van der Waals surface area contributed by atoms with Crippen LogP contribution in [-0.2, 0) is 11.3 Å². The summed E-state index contributed by atoms with van der Waals surface area (Å²) >= 11 is 0. The van der Waals surface area contributed by atoms with E-state index >= 15 is 0 Å². The number of benzene rings is 1. The number of nitrogens with one attached hydrogen (secondary N) is 1. The first-order valence-corrected chi connectivity index (χ1v) is 8.40. The van der Waals surface area contributed by atoms with E-state index in [-0.39, 0.29) is 5.91 Å². The molecule has 1 fully saturated rings. The minimum atomic E-state index is 0.146. The number of carbonyl (C=O) groups excluding carboxylic acids is 1. The number of hydrogen-bond acceptors (Lipinski definition) is 2. The van der Waals surface area contributed by atoms with E-state index in [1.165, 1.54) is 11.3 Å². The highest BCUT2D eigenvalue weighted by molar-refractivity contribution is 5.75. The summed E-state index contributed by atoms with van der Waals surface area (Å²) in [6.07, 6.45) is 5.67. The maximum absolute atomic E-state index is 12.0. The molecule has 1 N–H and O–H groups in total. The number of amides is 1. The second-order valence-electron chi connectivity index (χ2n) is 6.41. The average molecular weight is 311 g/mol. The Hall–Kier alpha value is -2.23. The zero-order valence-corrected chi connectivity index (χ0v) is 13.7. The van der Waals surface area contributed by atoms with Crippen LogP contribution in [0.4, 0.5) is 5.69 Å². The predicted octanol–water partition coefficient (Wildman–Crippen LogP) is 2.83. The van der Waals surface area contributed by atoms with Crippen LogP contribution in [0.25, 0.3) is 0 Å². The zero-order chi connectivity index (χ0) is 16.1. The Morgan fingerprint density at radius 1 is 1.26 bits per heavy atom. The molecule has 1 aromatic heterocycles. The van der Waals surface area contributed by atoms with E-state index in [4.69, 9.17) is 0 Å². The third kappa shape index (κ3) is 4.38. The molecular formula is C19H25N3O. The van der Waals surface area contributed by atoms with E-state index in [0.29, 0.717) is 12.3 Å². The Morgan fingerprint density at radius 3 is 2.87 bits per heavy atom. The first-order valence-electron chi connectivity index (χ1n) is 8.40. The van der Waals surface area contributed by atoms with Crippen LogP contribution < -0.4 is 10.2 Å². The van der Waals surface area contributed by atoms with Gasteiger partial charge in [0.1, 0.15) is 0 Å². The molecule has 1 aliphatic rings. The van der Waals surface area contributed by atoms with E-state index in [1.54, 1.807) is 0 Å². The molecule has 4 nitrogen and oxygen atoms in total. The molecule has 1 saturated heterocycles. The van der Waals surface area contributed by atoms with Gasteiger partial charge in [-0.25, -0.2) is 0 Å². The SMILES string of the molecule is Cc1cccc(N2CC[C@@H](CNC(=O)CCn3cccc3)C2)c1. The molecule has 2 aromatic rings. The van der Waals surface area contributed by atoms with Crippen LogP contribution in [0.5, 0.6) is 0 Å². The predicted molar refractivity (Wildman–Crippen MR) is 93.6 cm³/mol. The number of aromatic nitrogens is 1. The van der Waals surface area contributed by atoms with Crippen LogP contribution >= 0.6 is 0 Å². The first-order chi connectivity index (χ1) is 11.2. The highest BCUT2D eigenvalue weighted by Crippen LogP contribution is 2.24. The van der Waals surface area contributed by atoms with Crippen molar-refractivity contribution in [2.75, 3.05) is 24.5 Å². The summed E-state index contributed by atoms with van der Waals surface area (Å²) in [5.74, 6) is 0.693. The third-order valence-electron chi connectivity index (χ3n) is 4.50. The largest absolute Gasteiger partial charge is 0.371 e. The summed E-state index contributed by atoms with van der Waals surface area (Å²) in [5.41, 5.74) is 2.59. The first kappa shape index (κ1) is 15.7. The number of carbonyl (C=O) groups is 1. The lowest BCUT2D eigenvalue weighted by atomic mass is 10.1. The van der Waals surface area contributed by atoms with Crippen molar-refractivity contribution in [3.8, 4) is 0 Å². The highest BCUT2D eigenvalue weighted by Gasteiger charge is 2.23. The van der Waals surface area contributed by atoms with Crippen LogP contribution in [-0.4, -0.2) is 30.1 Å². The van der Waals surface area contributed by atoms with Crippen molar-refractivity contribution >= 4 is 11.6 Å². The maximum Gasteiger partial charge on any atom is 0.221 e. The Bertz CT molecular complexity index is 636. The molecule has 0 unspecified atom stereocenters. The normalized spacial score (nSPS) is 17.4. The molecule has 2 heterocycles. The van der Waals surface area contributed by atoms with Gasteiger partial charge < -0.3 is 14.8 Å². The minimum absolute atomic E-state index is 0.146. The quantitative estimate of drug-likeness (QED) is 0.891. The number of hydrogen-bond donors (Lipinski definition) is 1. The molecule has 23 heavy (non-hydrogen) atoms. The van der Waals surface area contributed by atoms with Gasteiger partial charge in [0.15, 0.2) is 0 Å². The second kappa shape index (κ2) is 7.36. The molecule has 4 heteroatoms. The second-order valence-corrected chi connectivity index (χ2v) is 6.41. The Kier molecular flexibility index (Phi) is 5.01. The van der Waals surface area contributed by atoms with Crippen LogP contribution in [0.15, 0.2) is 48.8 Å². The summed E-state index contributed by atoms with van der Waals surface area (Å²) in [7, 11) is 0. The molecule has 0 radical (unpaired) electrons. The van der Waals surface area contributed by atoms with Gasteiger partial charge in [-0.1, -0.05) is 12.1 Å². The van der Waals surface area contributed by atoms with E-state index in [1.807, 2.05) is 29.1 Å². The Morgan fingerprint density at radius 2 is 2.09 bits per heavy atom. The topological polar surface area (TPSA) is 37.3 Å². The number of rotatable bonds is 6. The van der Waals surface area contributed by atoms with Crippen molar-refractivity contribution in [1.82, 2.24) is 9.88 Å². The molecule has 1 atom stereocenters. The summed E-state index contributed by atoms with van der Waals surface area (Å²) in [5, 5.41) is 3.09. The average Bonchev–Trinajstić information content (AvgIpc) is 3.22. The van der Waals surface area contributed by atoms with Crippen molar-refractivity contribution in [2.24, 2.45) is 5.92 Å². The van der Waals surface area contributed by atoms with Crippen molar-refractivity contribution in [3.63, 3.8) is 0 Å². The van der Waals surface area contributed by atoms with Gasteiger partial charge in [0.2, 0.25) is 5.91 Å². The number of anilines is 1. The Balaban J connectivity index is 1.40. The van der Waals surface area contributed by atoms with Gasteiger partial charge in [-0.3, -0.25) is 4.79 Å². The van der Waals surface area contributed by atoms with Gasteiger partial charge in [0.05, 0.1) is 0 Å². The van der Waals surface area contributed by atoms with Gasteiger partial charge in [-0.2, -0.15) is 0 Å². The maximum atomic E-state index is 12.0. The van der Waals surface area contributed by atoms with Crippen LogP contribution in [0.3, 0.4) is 0 Å². The van der Waals surface area contributed by atoms with E-state index < -0.39 is 0 Å². The molecule has 0 spiro atoms. The summed E-state index contributed by atoms with van der Waals surface area (Å²) in [6, 6.07) is 12.6. The smallest absolute Gasteiger partial charge is 0.221 e. The van der Waals surface area contributed by atoms with Crippen LogP contribution in [0.1, 0.15) is 18.4 Å². The fourth-order valence-electron chi connectivity index (χ4n) is 3.15. The Labute approximate surface area is 138 Å². The van der Waals surface area contributed by atoms with Crippen molar-refractivity contribution < 1.29 is 4.79 Å². The number of nitrogens with zero attached hydrogens (tertiary/aromatic N) is 2. The molecule has 0 aliphatic carbocycles. The fraction of sp³-hybridized carbons (Fsp3) is 0.421. The van der Waals surface area contributed by atoms with Crippen molar-refractivity contribution in [1.29, 1.82) is 0 Å². The highest BCUT2D eigenvalue weighted by atomic mass is 16.1. The monoisotopic (exact) mass is 311 g/mol. The lowest BCUT2D eigenvalue weighted by molar-refractivity contribution is -0.121. The van der Waals surface area contributed by atoms with E-state index in [0.717, 1.165) is 32.6 Å². The van der Waals surface area contributed by atoms with Crippen LogP contribution in [0.2, 0.25) is 0 Å². The number of aryl methyl sites for hydroxylation is 2. The molecule has 0 bridgehead atoms. The molecule has 0 saturated carbocycles. The van der Waals surface area contributed by atoms with E-state index in [9.17, 15) is 4.79 Å². The van der Waals surface area contributed by atoms with Gasteiger partial charge in [-0.05, 0) is 49.1 Å². The zero-order valence-electron chi connectivity index (χ0n) is 13.7. The van der Waals surface area contributed by atoms with Gasteiger partial charge in [0, 0.05) is 50.7 Å². The van der Waals surface area contributed by atoms with Crippen molar-refractivity contribution in [3.05, 3.63) is 54.4 Å². The molecule has 1 aliphatic heterocycles.